The Morgan fingerprint density at radius 3 is 1.00 bits per heavy atom. The van der Waals surface area contributed by atoms with Crippen LogP contribution in [0.15, 0.2) is 195 Å². The number of benzene rings is 6. The molecule has 0 saturated heterocycles. The molecule has 8 rings (SSSR count). The normalized spacial score (nSPS) is 11.1. The maximum absolute atomic E-state index is 8.55. The highest BCUT2D eigenvalue weighted by Crippen LogP contribution is 2.43. The SMILES string of the molecule is CC(C)(C)c1cc(-c2ccccc2)c(-c2ccncc2)c(-c2ccccc2)c1.CC(C)(C)c1cc(-c2ccccc2)c(I)c(-c2ccccc2)c1.OB(O)c1ccncc1. The average Bonchev–Trinajstić information content (AvgIpc) is 3.27. The van der Waals surface area contributed by atoms with Crippen LogP contribution in [-0.2, 0) is 10.8 Å². The van der Waals surface area contributed by atoms with Crippen molar-refractivity contribution in [3.8, 4) is 55.6 Å². The maximum atomic E-state index is 8.55. The lowest BCUT2D eigenvalue weighted by molar-refractivity contribution is 0.425. The van der Waals surface area contributed by atoms with Crippen molar-refractivity contribution in [2.75, 3.05) is 0 Å². The third-order valence-corrected chi connectivity index (χ3v) is 11.4. The lowest BCUT2D eigenvalue weighted by atomic mass is 9.79. The van der Waals surface area contributed by atoms with Gasteiger partial charge in [0.25, 0.3) is 0 Å². The predicted molar refractivity (Wildman–Crippen MR) is 262 cm³/mol. The van der Waals surface area contributed by atoms with Crippen molar-refractivity contribution in [1.29, 1.82) is 0 Å². The van der Waals surface area contributed by atoms with E-state index in [-0.39, 0.29) is 10.8 Å². The molecule has 0 atom stereocenters. The molecule has 2 aromatic heterocycles. The van der Waals surface area contributed by atoms with Gasteiger partial charge in [-0.2, -0.15) is 0 Å². The molecule has 8 aromatic rings. The Hall–Kier alpha value is -5.67. The van der Waals surface area contributed by atoms with Crippen LogP contribution in [0.1, 0.15) is 52.7 Å². The number of pyridine rings is 2. The van der Waals surface area contributed by atoms with Crippen molar-refractivity contribution in [1.82, 2.24) is 9.97 Å². The van der Waals surface area contributed by atoms with E-state index in [0.29, 0.717) is 5.46 Å². The van der Waals surface area contributed by atoms with Gasteiger partial charge in [-0.3, -0.25) is 9.97 Å². The van der Waals surface area contributed by atoms with E-state index in [0.717, 1.165) is 0 Å². The van der Waals surface area contributed by atoms with Crippen molar-refractivity contribution in [3.05, 3.63) is 209 Å². The van der Waals surface area contributed by atoms with Gasteiger partial charge in [-0.05, 0) is 154 Å². The smallest absolute Gasteiger partial charge is 0.423 e. The number of hydrogen-bond acceptors (Lipinski definition) is 4. The molecule has 300 valence electrons. The molecular formula is C54H52BIN2O2. The van der Waals surface area contributed by atoms with Gasteiger partial charge in [0.1, 0.15) is 0 Å². The highest BCUT2D eigenvalue weighted by Gasteiger charge is 2.22. The fourth-order valence-electron chi connectivity index (χ4n) is 6.84. The number of halogens is 1. The molecule has 0 fully saturated rings. The Labute approximate surface area is 370 Å². The number of aromatic nitrogens is 2. The van der Waals surface area contributed by atoms with Crippen LogP contribution in [0.3, 0.4) is 0 Å². The first-order valence-corrected chi connectivity index (χ1v) is 21.3. The highest BCUT2D eigenvalue weighted by molar-refractivity contribution is 14.1. The first-order valence-electron chi connectivity index (χ1n) is 20.2. The Morgan fingerprint density at radius 1 is 0.400 bits per heavy atom. The monoisotopic (exact) mass is 898 g/mol. The van der Waals surface area contributed by atoms with Gasteiger partial charge >= 0.3 is 7.12 Å². The van der Waals surface area contributed by atoms with Crippen LogP contribution in [0.25, 0.3) is 55.6 Å². The van der Waals surface area contributed by atoms with Gasteiger partial charge in [-0.15, -0.1) is 0 Å². The van der Waals surface area contributed by atoms with Gasteiger partial charge in [0.15, 0.2) is 0 Å². The Bertz CT molecular complexity index is 2440. The summed E-state index contributed by atoms with van der Waals surface area (Å²) in [6.45, 7) is 13.7. The van der Waals surface area contributed by atoms with Crippen LogP contribution in [0.4, 0.5) is 0 Å². The minimum Gasteiger partial charge on any atom is -0.423 e. The molecule has 0 radical (unpaired) electrons. The molecular weight excluding hydrogens is 846 g/mol. The van der Waals surface area contributed by atoms with Gasteiger partial charge in [-0.25, -0.2) is 0 Å². The molecule has 0 aliphatic carbocycles. The zero-order valence-electron chi connectivity index (χ0n) is 35.2. The Morgan fingerprint density at radius 2 is 0.700 bits per heavy atom. The van der Waals surface area contributed by atoms with Gasteiger partial charge < -0.3 is 10.0 Å². The van der Waals surface area contributed by atoms with Gasteiger partial charge in [0.2, 0.25) is 0 Å². The summed E-state index contributed by atoms with van der Waals surface area (Å²) in [4.78, 5) is 7.94. The van der Waals surface area contributed by atoms with Crippen LogP contribution in [0.5, 0.6) is 0 Å². The van der Waals surface area contributed by atoms with Gasteiger partial charge in [0.05, 0.1) is 0 Å². The summed E-state index contributed by atoms with van der Waals surface area (Å²) >= 11 is 2.49. The number of nitrogens with zero attached hydrogens (tertiary/aromatic N) is 2. The van der Waals surface area contributed by atoms with Crippen molar-refractivity contribution in [2.24, 2.45) is 0 Å². The van der Waals surface area contributed by atoms with E-state index in [1.807, 2.05) is 12.4 Å². The predicted octanol–water partition coefficient (Wildman–Crippen LogP) is 13.1. The number of hydrogen-bond donors (Lipinski definition) is 2. The first-order chi connectivity index (χ1) is 28.8. The van der Waals surface area contributed by atoms with Crippen molar-refractivity contribution < 1.29 is 10.0 Å². The van der Waals surface area contributed by atoms with E-state index >= 15 is 0 Å². The molecule has 0 saturated carbocycles. The summed E-state index contributed by atoms with van der Waals surface area (Å²) in [5.74, 6) is 0. The Kier molecular flexibility index (Phi) is 14.7. The van der Waals surface area contributed by atoms with Crippen molar-refractivity contribution in [2.45, 2.75) is 52.4 Å². The third-order valence-electron chi connectivity index (χ3n) is 10.3. The zero-order valence-corrected chi connectivity index (χ0v) is 37.4. The molecule has 60 heavy (non-hydrogen) atoms. The molecule has 0 unspecified atom stereocenters. The van der Waals surface area contributed by atoms with Crippen LogP contribution < -0.4 is 5.46 Å². The molecule has 0 aliphatic rings. The molecule has 6 aromatic carbocycles. The fraction of sp³-hybridized carbons (Fsp3) is 0.148. The summed E-state index contributed by atoms with van der Waals surface area (Å²) in [5, 5.41) is 17.1. The summed E-state index contributed by atoms with van der Waals surface area (Å²) in [6, 6.07) is 59.4. The standard InChI is InChI=1S/C27H25N.C22H21I.C5H6BNO2/c1-27(2,3)23-18-24(20-10-6-4-7-11-20)26(22-14-16-28-17-15-22)25(19-23)21-12-8-5-9-13-21;1-22(2,3)18-14-19(16-10-6-4-7-11-16)21(23)20(15-18)17-12-8-5-9-13-17;8-6(9)5-1-3-7-4-2-5/h4-19H,1-3H3;4-15H,1-3H3;1-4,8-9H. The topological polar surface area (TPSA) is 66.2 Å². The fourth-order valence-corrected chi connectivity index (χ4v) is 7.78. The first kappa shape index (κ1) is 43.9. The minimum atomic E-state index is -1.38. The minimum absolute atomic E-state index is 0.0594. The maximum Gasteiger partial charge on any atom is 0.488 e. The molecule has 0 bridgehead atoms. The molecule has 2 heterocycles. The summed E-state index contributed by atoms with van der Waals surface area (Å²) in [5.41, 5.74) is 16.0. The van der Waals surface area contributed by atoms with E-state index in [9.17, 15) is 0 Å². The molecule has 0 spiro atoms. The van der Waals surface area contributed by atoms with E-state index in [1.54, 1.807) is 12.1 Å². The van der Waals surface area contributed by atoms with Crippen molar-refractivity contribution >= 4 is 35.2 Å². The van der Waals surface area contributed by atoms with Crippen LogP contribution >= 0.6 is 22.6 Å². The second kappa shape index (κ2) is 20.1. The third kappa shape index (κ3) is 11.3. The molecule has 2 N–H and O–H groups in total. The van der Waals surface area contributed by atoms with Crippen molar-refractivity contribution in [3.63, 3.8) is 0 Å². The number of rotatable bonds is 6. The summed E-state index contributed by atoms with van der Waals surface area (Å²) < 4.78 is 1.31. The van der Waals surface area contributed by atoms with E-state index < -0.39 is 7.12 Å². The van der Waals surface area contributed by atoms with E-state index in [4.69, 9.17) is 10.0 Å². The molecule has 0 amide bonds. The zero-order chi connectivity index (χ0) is 42.7. The molecule has 0 aliphatic heterocycles. The summed E-state index contributed by atoms with van der Waals surface area (Å²) in [6.07, 6.45) is 6.76. The van der Waals surface area contributed by atoms with E-state index in [1.165, 1.54) is 82.7 Å². The Balaban J connectivity index is 0.000000169. The highest BCUT2D eigenvalue weighted by atomic mass is 127. The van der Waals surface area contributed by atoms with E-state index in [2.05, 4.69) is 232 Å². The molecule has 4 nitrogen and oxygen atoms in total. The summed E-state index contributed by atoms with van der Waals surface area (Å²) in [7, 11) is -1.38. The van der Waals surface area contributed by atoms with Gasteiger partial charge in [-0.1, -0.05) is 163 Å². The van der Waals surface area contributed by atoms with Crippen LogP contribution in [0, 0.1) is 3.57 Å². The average molecular weight is 899 g/mol. The second-order valence-electron chi connectivity index (χ2n) is 16.7. The van der Waals surface area contributed by atoms with Crippen LogP contribution in [-0.4, -0.2) is 27.1 Å². The largest absolute Gasteiger partial charge is 0.488 e. The lowest BCUT2D eigenvalue weighted by Gasteiger charge is -2.25. The quantitative estimate of drug-likeness (QED) is 0.129. The molecule has 6 heteroatoms. The lowest BCUT2D eigenvalue weighted by Crippen LogP contribution is -2.29. The second-order valence-corrected chi connectivity index (χ2v) is 17.8. The van der Waals surface area contributed by atoms with Crippen LogP contribution in [0.2, 0.25) is 0 Å². The van der Waals surface area contributed by atoms with Gasteiger partial charge in [0, 0.05) is 28.4 Å².